The SMILES string of the molecule is CCCCCCCCCCCCc1cc(Cc2cc(C)c(O)c(C)c2)c2cc(C)ccc2c1O. The van der Waals surface area contributed by atoms with Gasteiger partial charge in [-0.15, -0.1) is 0 Å². The van der Waals surface area contributed by atoms with Crippen LogP contribution in [0.25, 0.3) is 10.8 Å². The molecule has 0 aromatic heterocycles. The molecule has 0 heterocycles. The van der Waals surface area contributed by atoms with Crippen LogP contribution >= 0.6 is 0 Å². The predicted molar refractivity (Wildman–Crippen MR) is 146 cm³/mol. The minimum atomic E-state index is 0.386. The monoisotopic (exact) mass is 460 g/mol. The molecule has 0 radical (unpaired) electrons. The summed E-state index contributed by atoms with van der Waals surface area (Å²) in [7, 11) is 0. The number of rotatable bonds is 13. The first kappa shape index (κ1) is 26.1. The van der Waals surface area contributed by atoms with Crippen molar-refractivity contribution in [3.8, 4) is 11.5 Å². The zero-order valence-corrected chi connectivity index (χ0v) is 21.8. The summed E-state index contributed by atoms with van der Waals surface area (Å²) in [5.41, 5.74) is 6.56. The van der Waals surface area contributed by atoms with E-state index in [0.717, 1.165) is 46.7 Å². The van der Waals surface area contributed by atoms with Gasteiger partial charge < -0.3 is 10.2 Å². The van der Waals surface area contributed by atoms with Crippen LogP contribution in [0.4, 0.5) is 0 Å². The second-order valence-corrected chi connectivity index (χ2v) is 10.3. The van der Waals surface area contributed by atoms with Crippen LogP contribution in [0.3, 0.4) is 0 Å². The Labute approximate surface area is 207 Å². The first-order valence-electron chi connectivity index (χ1n) is 13.4. The van der Waals surface area contributed by atoms with Crippen LogP contribution in [0.1, 0.15) is 105 Å². The summed E-state index contributed by atoms with van der Waals surface area (Å²) in [6, 6.07) is 12.7. The van der Waals surface area contributed by atoms with E-state index >= 15 is 0 Å². The molecule has 0 fully saturated rings. The van der Waals surface area contributed by atoms with E-state index in [0.29, 0.717) is 11.5 Å². The van der Waals surface area contributed by atoms with Gasteiger partial charge >= 0.3 is 0 Å². The third-order valence-corrected chi connectivity index (χ3v) is 7.17. The molecule has 184 valence electrons. The lowest BCUT2D eigenvalue weighted by atomic mass is 9.91. The number of aryl methyl sites for hydroxylation is 4. The van der Waals surface area contributed by atoms with Crippen LogP contribution in [-0.2, 0) is 12.8 Å². The molecule has 0 saturated carbocycles. The zero-order chi connectivity index (χ0) is 24.5. The van der Waals surface area contributed by atoms with Gasteiger partial charge in [0.05, 0.1) is 0 Å². The van der Waals surface area contributed by atoms with Crippen LogP contribution in [0, 0.1) is 20.8 Å². The van der Waals surface area contributed by atoms with Gasteiger partial charge in [0.2, 0.25) is 0 Å². The van der Waals surface area contributed by atoms with E-state index in [2.05, 4.69) is 50.2 Å². The number of phenols is 2. The van der Waals surface area contributed by atoms with Crippen LogP contribution in [-0.4, -0.2) is 10.2 Å². The Balaban J connectivity index is 1.68. The molecular formula is C32H44O2. The van der Waals surface area contributed by atoms with E-state index < -0.39 is 0 Å². The van der Waals surface area contributed by atoms with Crippen LogP contribution in [0.15, 0.2) is 36.4 Å². The van der Waals surface area contributed by atoms with E-state index in [1.165, 1.54) is 74.5 Å². The Kier molecular flexibility index (Phi) is 9.86. The standard InChI is InChI=1S/C32H44O2/c1-5-6-7-8-9-10-11-12-13-14-15-27-22-28(21-26-19-24(3)31(33)25(4)20-26)30-18-23(2)16-17-29(30)32(27)34/h16-20,22,33-34H,5-15,21H2,1-4H3. The molecule has 2 N–H and O–H groups in total. The van der Waals surface area contributed by atoms with Gasteiger partial charge in [0, 0.05) is 5.39 Å². The molecule has 2 nitrogen and oxygen atoms in total. The predicted octanol–water partition coefficient (Wildman–Crippen LogP) is 9.23. The van der Waals surface area contributed by atoms with Crippen molar-refractivity contribution in [2.75, 3.05) is 0 Å². The van der Waals surface area contributed by atoms with Gasteiger partial charge in [0.15, 0.2) is 0 Å². The molecule has 0 amide bonds. The summed E-state index contributed by atoms with van der Waals surface area (Å²) in [6.07, 6.45) is 14.9. The Morgan fingerprint density at radius 1 is 0.588 bits per heavy atom. The molecule has 0 bridgehead atoms. The summed E-state index contributed by atoms with van der Waals surface area (Å²) in [5, 5.41) is 23.3. The molecule has 3 aromatic carbocycles. The first-order chi connectivity index (χ1) is 16.4. The molecule has 0 aliphatic carbocycles. The number of hydrogen-bond acceptors (Lipinski definition) is 2. The fourth-order valence-electron chi connectivity index (χ4n) is 5.17. The Morgan fingerprint density at radius 2 is 1.18 bits per heavy atom. The fraction of sp³-hybridized carbons (Fsp3) is 0.500. The maximum Gasteiger partial charge on any atom is 0.126 e. The van der Waals surface area contributed by atoms with Crippen molar-refractivity contribution in [1.82, 2.24) is 0 Å². The van der Waals surface area contributed by atoms with Crippen molar-refractivity contribution in [2.45, 2.75) is 105 Å². The molecule has 0 unspecified atom stereocenters. The van der Waals surface area contributed by atoms with E-state index in [1.807, 2.05) is 13.8 Å². The molecule has 3 aromatic rings. The number of phenolic OH excluding ortho intramolecular Hbond substituents is 2. The van der Waals surface area contributed by atoms with Crippen LogP contribution in [0.2, 0.25) is 0 Å². The zero-order valence-electron chi connectivity index (χ0n) is 21.8. The van der Waals surface area contributed by atoms with Gasteiger partial charge in [-0.05, 0) is 73.2 Å². The largest absolute Gasteiger partial charge is 0.507 e. The van der Waals surface area contributed by atoms with Crippen molar-refractivity contribution in [3.63, 3.8) is 0 Å². The normalized spacial score (nSPS) is 11.4. The number of fused-ring (bicyclic) bond motifs is 1. The minimum absolute atomic E-state index is 0.386. The van der Waals surface area contributed by atoms with Crippen LogP contribution in [0.5, 0.6) is 11.5 Å². The highest BCUT2D eigenvalue weighted by atomic mass is 16.3. The number of hydrogen-bond donors (Lipinski definition) is 2. The molecule has 3 rings (SSSR count). The summed E-state index contributed by atoms with van der Waals surface area (Å²) in [4.78, 5) is 0. The highest BCUT2D eigenvalue weighted by Crippen LogP contribution is 2.35. The molecule has 0 aliphatic rings. The molecule has 0 spiro atoms. The topological polar surface area (TPSA) is 40.5 Å². The van der Waals surface area contributed by atoms with E-state index in [-0.39, 0.29) is 0 Å². The van der Waals surface area contributed by atoms with Crippen molar-refractivity contribution < 1.29 is 10.2 Å². The fourth-order valence-corrected chi connectivity index (χ4v) is 5.17. The second kappa shape index (κ2) is 12.8. The number of unbranched alkanes of at least 4 members (excludes halogenated alkanes) is 9. The van der Waals surface area contributed by atoms with Crippen molar-refractivity contribution in [3.05, 3.63) is 69.8 Å². The minimum Gasteiger partial charge on any atom is -0.507 e. The summed E-state index contributed by atoms with van der Waals surface area (Å²) < 4.78 is 0. The second-order valence-electron chi connectivity index (χ2n) is 10.3. The number of aromatic hydroxyl groups is 2. The lowest BCUT2D eigenvalue weighted by Gasteiger charge is -2.15. The van der Waals surface area contributed by atoms with Gasteiger partial charge in [-0.2, -0.15) is 0 Å². The van der Waals surface area contributed by atoms with Crippen molar-refractivity contribution >= 4 is 10.8 Å². The van der Waals surface area contributed by atoms with E-state index in [1.54, 1.807) is 0 Å². The lowest BCUT2D eigenvalue weighted by molar-refractivity contribution is 0.466. The smallest absolute Gasteiger partial charge is 0.126 e. The highest BCUT2D eigenvalue weighted by Gasteiger charge is 2.13. The highest BCUT2D eigenvalue weighted by molar-refractivity contribution is 5.93. The average Bonchev–Trinajstić information content (AvgIpc) is 2.81. The number of benzene rings is 3. The maximum atomic E-state index is 11.1. The third-order valence-electron chi connectivity index (χ3n) is 7.17. The third kappa shape index (κ3) is 7.01. The van der Waals surface area contributed by atoms with Crippen molar-refractivity contribution in [1.29, 1.82) is 0 Å². The Bertz CT molecular complexity index is 1060. The molecule has 0 saturated heterocycles. The van der Waals surface area contributed by atoms with Gasteiger partial charge in [-0.25, -0.2) is 0 Å². The summed E-state index contributed by atoms with van der Waals surface area (Å²) >= 11 is 0. The molecule has 0 aliphatic heterocycles. The maximum absolute atomic E-state index is 11.1. The van der Waals surface area contributed by atoms with Crippen LogP contribution < -0.4 is 0 Å². The first-order valence-corrected chi connectivity index (χ1v) is 13.4. The average molecular weight is 461 g/mol. The lowest BCUT2D eigenvalue weighted by Crippen LogP contribution is -1.97. The van der Waals surface area contributed by atoms with Gasteiger partial charge in [0.1, 0.15) is 11.5 Å². The summed E-state index contributed by atoms with van der Waals surface area (Å²) in [5.74, 6) is 0.838. The van der Waals surface area contributed by atoms with Gasteiger partial charge in [0.25, 0.3) is 0 Å². The summed E-state index contributed by atoms with van der Waals surface area (Å²) in [6.45, 7) is 8.29. The Morgan fingerprint density at radius 3 is 1.79 bits per heavy atom. The Hall–Kier alpha value is -2.48. The van der Waals surface area contributed by atoms with Gasteiger partial charge in [-0.3, -0.25) is 0 Å². The van der Waals surface area contributed by atoms with Gasteiger partial charge in [-0.1, -0.05) is 107 Å². The van der Waals surface area contributed by atoms with E-state index in [9.17, 15) is 10.2 Å². The molecule has 2 heteroatoms. The molecule has 34 heavy (non-hydrogen) atoms. The quantitative estimate of drug-likeness (QED) is 0.249. The molecule has 0 atom stereocenters. The molecular weight excluding hydrogens is 416 g/mol. The van der Waals surface area contributed by atoms with E-state index in [4.69, 9.17) is 0 Å². The van der Waals surface area contributed by atoms with Crippen molar-refractivity contribution in [2.24, 2.45) is 0 Å².